The molecule has 0 fully saturated rings. The molecule has 0 saturated heterocycles. The van der Waals surface area contributed by atoms with Gasteiger partial charge in [-0.05, 0) is 30.9 Å². The highest BCUT2D eigenvalue weighted by Gasteiger charge is 2.04. The lowest BCUT2D eigenvalue weighted by molar-refractivity contribution is 1.23. The van der Waals surface area contributed by atoms with E-state index in [0.29, 0.717) is 0 Å². The Bertz CT molecular complexity index is 342. The molecule has 0 nitrogen and oxygen atoms in total. The molecule has 0 heterocycles. The molecule has 0 saturated carbocycles. The third kappa shape index (κ3) is 1.89. The molecule has 0 aromatic heterocycles. The zero-order chi connectivity index (χ0) is 9.10. The first-order valence-corrected chi connectivity index (χ1v) is 4.63. The molecule has 1 radical (unpaired) electrons. The van der Waals surface area contributed by atoms with Crippen LogP contribution >= 0.6 is 0 Å². The second-order valence-electron chi connectivity index (χ2n) is 3.35. The van der Waals surface area contributed by atoms with Crippen molar-refractivity contribution in [3.05, 3.63) is 60.0 Å². The number of benzene rings is 1. The third-order valence-electron chi connectivity index (χ3n) is 2.27. The molecule has 0 bridgehead atoms. The Morgan fingerprint density at radius 1 is 1.08 bits per heavy atom. The lowest BCUT2D eigenvalue weighted by atomic mass is 9.94. The van der Waals surface area contributed by atoms with E-state index < -0.39 is 0 Å². The van der Waals surface area contributed by atoms with Crippen LogP contribution in [0, 0.1) is 6.42 Å². The summed E-state index contributed by atoms with van der Waals surface area (Å²) in [5, 5.41) is 0. The van der Waals surface area contributed by atoms with Crippen molar-refractivity contribution in [2.75, 3.05) is 0 Å². The smallest absolute Gasteiger partial charge is 0.00491 e. The summed E-state index contributed by atoms with van der Waals surface area (Å²) in [7, 11) is 0. The summed E-state index contributed by atoms with van der Waals surface area (Å²) in [6.07, 6.45) is 7.81. The van der Waals surface area contributed by atoms with Gasteiger partial charge in [0.05, 0.1) is 0 Å². The fourth-order valence-electron chi connectivity index (χ4n) is 1.57. The first-order valence-electron chi connectivity index (χ1n) is 4.63. The van der Waals surface area contributed by atoms with Gasteiger partial charge in [0.25, 0.3) is 0 Å². The van der Waals surface area contributed by atoms with Crippen LogP contribution in [-0.4, -0.2) is 0 Å². The summed E-state index contributed by atoms with van der Waals surface area (Å²) in [6.45, 7) is 2.15. The van der Waals surface area contributed by atoms with E-state index in [1.165, 1.54) is 16.7 Å². The summed E-state index contributed by atoms with van der Waals surface area (Å²) < 4.78 is 0. The molecule has 0 unspecified atom stereocenters. The van der Waals surface area contributed by atoms with Crippen LogP contribution in [0.15, 0.2) is 48.1 Å². The zero-order valence-electron chi connectivity index (χ0n) is 7.83. The Morgan fingerprint density at radius 2 is 1.85 bits per heavy atom. The molecule has 0 heteroatoms. The Hall–Kier alpha value is -1.30. The molecule has 1 aromatic rings. The van der Waals surface area contributed by atoms with Crippen LogP contribution in [0.5, 0.6) is 0 Å². The molecular weight excluding hydrogens is 156 g/mol. The molecule has 0 spiro atoms. The molecular formula is C13H13. The highest BCUT2D eigenvalue weighted by molar-refractivity contribution is 5.75. The Balaban J connectivity index is 2.32. The SMILES string of the molecule is CC1=CC[CH]C(c2ccccc2)=C1. The summed E-state index contributed by atoms with van der Waals surface area (Å²) >= 11 is 0. The van der Waals surface area contributed by atoms with Gasteiger partial charge in [-0.25, -0.2) is 0 Å². The quantitative estimate of drug-likeness (QED) is 0.602. The van der Waals surface area contributed by atoms with E-state index in [1.807, 2.05) is 0 Å². The molecule has 13 heavy (non-hydrogen) atoms. The molecule has 1 aliphatic carbocycles. The van der Waals surface area contributed by atoms with Gasteiger partial charge >= 0.3 is 0 Å². The molecule has 1 aliphatic rings. The Kier molecular flexibility index (Phi) is 2.31. The van der Waals surface area contributed by atoms with Crippen molar-refractivity contribution in [2.45, 2.75) is 13.3 Å². The topological polar surface area (TPSA) is 0 Å². The summed E-state index contributed by atoms with van der Waals surface area (Å²) in [5.41, 5.74) is 4.02. The summed E-state index contributed by atoms with van der Waals surface area (Å²) in [6, 6.07) is 10.5. The molecule has 0 atom stereocenters. The fraction of sp³-hybridized carbons (Fsp3) is 0.154. The molecule has 0 aliphatic heterocycles. The van der Waals surface area contributed by atoms with Crippen molar-refractivity contribution < 1.29 is 0 Å². The van der Waals surface area contributed by atoms with Crippen LogP contribution in [0.4, 0.5) is 0 Å². The van der Waals surface area contributed by atoms with Crippen molar-refractivity contribution in [3.8, 4) is 0 Å². The van der Waals surface area contributed by atoms with E-state index in [9.17, 15) is 0 Å². The predicted molar refractivity (Wildman–Crippen MR) is 57.1 cm³/mol. The van der Waals surface area contributed by atoms with Gasteiger partial charge in [-0.1, -0.05) is 48.1 Å². The zero-order valence-corrected chi connectivity index (χ0v) is 7.83. The minimum Gasteiger partial charge on any atom is -0.0810 e. The fourth-order valence-corrected chi connectivity index (χ4v) is 1.57. The lowest BCUT2D eigenvalue weighted by Gasteiger charge is -2.11. The number of rotatable bonds is 1. The van der Waals surface area contributed by atoms with Gasteiger partial charge in [0.1, 0.15) is 0 Å². The van der Waals surface area contributed by atoms with Crippen molar-refractivity contribution >= 4 is 5.57 Å². The summed E-state index contributed by atoms with van der Waals surface area (Å²) in [4.78, 5) is 0. The standard InChI is InChI=1S/C13H13/c1-11-6-5-9-13(10-11)12-7-3-2-4-8-12/h2-4,6-10H,5H2,1H3. The van der Waals surface area contributed by atoms with Gasteiger partial charge in [0, 0.05) is 0 Å². The number of allylic oxidation sites excluding steroid dienone is 4. The van der Waals surface area contributed by atoms with E-state index in [2.05, 4.69) is 55.8 Å². The number of hydrogen-bond acceptors (Lipinski definition) is 0. The second kappa shape index (κ2) is 3.61. The Morgan fingerprint density at radius 3 is 2.54 bits per heavy atom. The minimum absolute atomic E-state index is 1.06. The molecule has 2 rings (SSSR count). The number of hydrogen-bond donors (Lipinski definition) is 0. The molecule has 0 amide bonds. The molecule has 65 valence electrons. The van der Waals surface area contributed by atoms with Crippen molar-refractivity contribution in [3.63, 3.8) is 0 Å². The van der Waals surface area contributed by atoms with Crippen molar-refractivity contribution in [1.29, 1.82) is 0 Å². The van der Waals surface area contributed by atoms with Crippen molar-refractivity contribution in [2.24, 2.45) is 0 Å². The Labute approximate surface area is 79.6 Å². The van der Waals surface area contributed by atoms with Gasteiger partial charge in [-0.2, -0.15) is 0 Å². The van der Waals surface area contributed by atoms with E-state index in [1.54, 1.807) is 0 Å². The first kappa shape index (κ1) is 8.31. The second-order valence-corrected chi connectivity index (χ2v) is 3.35. The van der Waals surface area contributed by atoms with Crippen LogP contribution in [0.2, 0.25) is 0 Å². The van der Waals surface area contributed by atoms with Gasteiger partial charge in [-0.3, -0.25) is 0 Å². The van der Waals surface area contributed by atoms with E-state index in [0.717, 1.165) is 6.42 Å². The van der Waals surface area contributed by atoms with E-state index >= 15 is 0 Å². The maximum atomic E-state index is 2.27. The third-order valence-corrected chi connectivity index (χ3v) is 2.27. The average Bonchev–Trinajstić information content (AvgIpc) is 2.19. The van der Waals surface area contributed by atoms with E-state index in [-0.39, 0.29) is 0 Å². The predicted octanol–water partition coefficient (Wildman–Crippen LogP) is 3.62. The largest absolute Gasteiger partial charge is 0.0810 e. The van der Waals surface area contributed by atoms with Gasteiger partial charge in [-0.15, -0.1) is 0 Å². The van der Waals surface area contributed by atoms with Crippen LogP contribution in [0.25, 0.3) is 5.57 Å². The van der Waals surface area contributed by atoms with Crippen LogP contribution in [-0.2, 0) is 0 Å². The minimum atomic E-state index is 1.06. The lowest BCUT2D eigenvalue weighted by Crippen LogP contribution is -1.90. The maximum Gasteiger partial charge on any atom is -0.00491 e. The summed E-state index contributed by atoms with van der Waals surface area (Å²) in [5.74, 6) is 0. The van der Waals surface area contributed by atoms with Crippen LogP contribution in [0.3, 0.4) is 0 Å². The van der Waals surface area contributed by atoms with Crippen LogP contribution in [0.1, 0.15) is 18.9 Å². The van der Waals surface area contributed by atoms with Crippen LogP contribution < -0.4 is 0 Å². The molecule has 1 aromatic carbocycles. The first-order chi connectivity index (χ1) is 6.36. The maximum absolute atomic E-state index is 2.27. The van der Waals surface area contributed by atoms with Gasteiger partial charge in [0.15, 0.2) is 0 Å². The highest BCUT2D eigenvalue weighted by Crippen LogP contribution is 2.24. The monoisotopic (exact) mass is 169 g/mol. The van der Waals surface area contributed by atoms with Gasteiger partial charge < -0.3 is 0 Å². The normalized spacial score (nSPS) is 16.4. The molecule has 0 N–H and O–H groups in total. The highest BCUT2D eigenvalue weighted by atomic mass is 14.1. The van der Waals surface area contributed by atoms with Gasteiger partial charge in [0.2, 0.25) is 0 Å². The van der Waals surface area contributed by atoms with E-state index in [4.69, 9.17) is 0 Å². The van der Waals surface area contributed by atoms with Crippen molar-refractivity contribution in [1.82, 2.24) is 0 Å². The average molecular weight is 169 g/mol.